The minimum Gasteiger partial charge on any atom is -0.493 e. The summed E-state index contributed by atoms with van der Waals surface area (Å²) in [5.41, 5.74) is -0.00226. The van der Waals surface area contributed by atoms with E-state index >= 15 is 0 Å². The molecule has 192 valence electrons. The van der Waals surface area contributed by atoms with E-state index in [0.717, 1.165) is 16.4 Å². The molecule has 0 aliphatic heterocycles. The Bertz CT molecular complexity index is 1360. The van der Waals surface area contributed by atoms with E-state index in [2.05, 4.69) is 0 Å². The zero-order valence-electron chi connectivity index (χ0n) is 20.1. The molecule has 0 atom stereocenters. The van der Waals surface area contributed by atoms with Crippen molar-refractivity contribution in [1.29, 1.82) is 0 Å². The van der Waals surface area contributed by atoms with Crippen LogP contribution in [-0.4, -0.2) is 54.1 Å². The van der Waals surface area contributed by atoms with Gasteiger partial charge in [-0.1, -0.05) is 17.7 Å². The van der Waals surface area contributed by atoms with Crippen molar-refractivity contribution in [2.24, 2.45) is 0 Å². The molecule has 0 aliphatic carbocycles. The molecule has 11 heteroatoms. The molecule has 0 saturated heterocycles. The second kappa shape index (κ2) is 11.1. The third-order valence-electron chi connectivity index (χ3n) is 5.46. The van der Waals surface area contributed by atoms with Gasteiger partial charge in [-0.15, -0.1) is 0 Å². The van der Waals surface area contributed by atoms with Crippen LogP contribution in [0.15, 0.2) is 59.5 Å². The largest absolute Gasteiger partial charge is 0.493 e. The van der Waals surface area contributed by atoms with Gasteiger partial charge >= 0.3 is 0 Å². The third-order valence-corrected chi connectivity index (χ3v) is 7.45. The molecule has 0 heterocycles. The highest BCUT2D eigenvalue weighted by Crippen LogP contribution is 2.35. The standard InChI is InChI=1S/C25H25ClF2N2O5S/c1-29(2)25(31)15-30(36(32,33)18-9-11-23(34-3)24(14-18)35-4)22-10-8-17(26)12-16(22)13-19-20(27)6-5-7-21(19)28/h5-12,14H,13,15H2,1-4H3. The SMILES string of the molecule is COc1ccc(S(=O)(=O)N(CC(=O)N(C)C)c2ccc(Cl)cc2Cc2c(F)cccc2F)cc1OC. The Morgan fingerprint density at radius 3 is 2.17 bits per heavy atom. The van der Waals surface area contributed by atoms with Gasteiger partial charge in [0.15, 0.2) is 11.5 Å². The van der Waals surface area contributed by atoms with Crippen LogP contribution in [-0.2, 0) is 21.2 Å². The van der Waals surface area contributed by atoms with Crippen LogP contribution < -0.4 is 13.8 Å². The smallest absolute Gasteiger partial charge is 0.264 e. The Balaban J connectivity index is 2.21. The molecule has 3 rings (SSSR count). The molecule has 0 bridgehead atoms. The molecule has 36 heavy (non-hydrogen) atoms. The molecule has 1 amide bonds. The van der Waals surface area contributed by atoms with Gasteiger partial charge in [0.2, 0.25) is 5.91 Å². The summed E-state index contributed by atoms with van der Waals surface area (Å²) in [5.74, 6) is -1.62. The predicted octanol–water partition coefficient (Wildman–Crippen LogP) is 4.51. The first-order chi connectivity index (χ1) is 17.0. The Kier molecular flexibility index (Phi) is 8.42. The highest BCUT2D eigenvalue weighted by atomic mass is 35.5. The number of hydrogen-bond acceptors (Lipinski definition) is 5. The zero-order chi connectivity index (χ0) is 26.6. The van der Waals surface area contributed by atoms with Crippen molar-refractivity contribution in [2.75, 3.05) is 39.2 Å². The number of rotatable bonds is 9. The molecule has 0 radical (unpaired) electrons. The van der Waals surface area contributed by atoms with E-state index in [1.165, 1.54) is 75.7 Å². The van der Waals surface area contributed by atoms with Crippen molar-refractivity contribution < 1.29 is 31.5 Å². The molecular formula is C25H25ClF2N2O5S. The van der Waals surface area contributed by atoms with E-state index in [-0.39, 0.29) is 38.9 Å². The Morgan fingerprint density at radius 2 is 1.58 bits per heavy atom. The summed E-state index contributed by atoms with van der Waals surface area (Å²) >= 11 is 6.17. The first kappa shape index (κ1) is 27.2. The number of nitrogens with zero attached hydrogens (tertiary/aromatic N) is 2. The van der Waals surface area contributed by atoms with Crippen molar-refractivity contribution in [3.63, 3.8) is 0 Å². The predicted molar refractivity (Wildman–Crippen MR) is 133 cm³/mol. The minimum atomic E-state index is -4.37. The van der Waals surface area contributed by atoms with E-state index in [1.807, 2.05) is 0 Å². The van der Waals surface area contributed by atoms with Crippen molar-refractivity contribution in [3.05, 3.63) is 82.4 Å². The zero-order valence-corrected chi connectivity index (χ0v) is 21.7. The lowest BCUT2D eigenvalue weighted by molar-refractivity contribution is -0.127. The number of sulfonamides is 1. The molecule has 0 fully saturated rings. The van der Waals surface area contributed by atoms with Crippen LogP contribution >= 0.6 is 11.6 Å². The van der Waals surface area contributed by atoms with Gasteiger partial charge in [-0.25, -0.2) is 17.2 Å². The van der Waals surface area contributed by atoms with Gasteiger partial charge < -0.3 is 14.4 Å². The molecule has 3 aromatic rings. The summed E-state index contributed by atoms with van der Waals surface area (Å²) in [6.07, 6.45) is -0.303. The van der Waals surface area contributed by atoms with E-state index in [1.54, 1.807) is 0 Å². The van der Waals surface area contributed by atoms with Crippen LogP contribution in [0.25, 0.3) is 0 Å². The molecular weight excluding hydrogens is 514 g/mol. The molecule has 7 nitrogen and oxygen atoms in total. The average molecular weight is 539 g/mol. The summed E-state index contributed by atoms with van der Waals surface area (Å²) in [7, 11) is 1.38. The quantitative estimate of drug-likeness (QED) is 0.401. The van der Waals surface area contributed by atoms with Gasteiger partial charge in [-0.05, 0) is 48.0 Å². The summed E-state index contributed by atoms with van der Waals surface area (Å²) in [4.78, 5) is 13.8. The number of benzene rings is 3. The lowest BCUT2D eigenvalue weighted by atomic mass is 10.0. The second-order valence-corrected chi connectivity index (χ2v) is 10.3. The van der Waals surface area contributed by atoms with Gasteiger partial charge in [0, 0.05) is 37.2 Å². The fraction of sp³-hybridized carbons (Fsp3) is 0.240. The van der Waals surface area contributed by atoms with Crippen LogP contribution in [0, 0.1) is 11.6 Å². The number of ether oxygens (including phenoxy) is 2. The number of likely N-dealkylation sites (N-methyl/N-ethyl adjacent to an activating group) is 1. The Hall–Kier alpha value is -3.37. The normalized spacial score (nSPS) is 11.2. The number of anilines is 1. The summed E-state index contributed by atoms with van der Waals surface area (Å²) < 4.78 is 67.9. The van der Waals surface area contributed by atoms with Crippen LogP contribution in [0.3, 0.4) is 0 Å². The van der Waals surface area contributed by atoms with Crippen molar-refractivity contribution >= 4 is 33.2 Å². The fourth-order valence-electron chi connectivity index (χ4n) is 3.50. The molecule has 3 aromatic carbocycles. The van der Waals surface area contributed by atoms with Gasteiger partial charge in [-0.2, -0.15) is 0 Å². The summed E-state index contributed by atoms with van der Waals surface area (Å²) in [6.45, 7) is -0.571. The molecule has 0 saturated carbocycles. The summed E-state index contributed by atoms with van der Waals surface area (Å²) in [5, 5.41) is 0.230. The Labute approximate surface area is 213 Å². The molecule has 0 N–H and O–H groups in total. The molecule has 0 spiro atoms. The van der Waals surface area contributed by atoms with Crippen molar-refractivity contribution in [1.82, 2.24) is 4.90 Å². The maximum absolute atomic E-state index is 14.4. The minimum absolute atomic E-state index is 0.0482. The van der Waals surface area contributed by atoms with Gasteiger partial charge in [0.1, 0.15) is 18.2 Å². The number of halogens is 3. The average Bonchev–Trinajstić information content (AvgIpc) is 2.84. The lowest BCUT2D eigenvalue weighted by Gasteiger charge is -2.28. The van der Waals surface area contributed by atoms with E-state index in [9.17, 15) is 22.0 Å². The molecule has 0 aliphatic rings. The summed E-state index contributed by atoms with van der Waals surface area (Å²) in [6, 6.07) is 11.7. The number of carbonyl (C=O) groups is 1. The maximum atomic E-state index is 14.4. The monoisotopic (exact) mass is 538 g/mol. The van der Waals surface area contributed by atoms with E-state index < -0.39 is 34.1 Å². The maximum Gasteiger partial charge on any atom is 0.264 e. The Morgan fingerprint density at radius 1 is 0.944 bits per heavy atom. The lowest BCUT2D eigenvalue weighted by Crippen LogP contribution is -2.41. The van der Waals surface area contributed by atoms with Crippen molar-refractivity contribution in [2.45, 2.75) is 11.3 Å². The van der Waals surface area contributed by atoms with Crippen LogP contribution in [0.5, 0.6) is 11.5 Å². The van der Waals surface area contributed by atoms with E-state index in [0.29, 0.717) is 5.75 Å². The topological polar surface area (TPSA) is 76.2 Å². The van der Waals surface area contributed by atoms with Crippen molar-refractivity contribution in [3.8, 4) is 11.5 Å². The number of methoxy groups -OCH3 is 2. The van der Waals surface area contributed by atoms with Crippen LogP contribution in [0.2, 0.25) is 5.02 Å². The van der Waals surface area contributed by atoms with Gasteiger partial charge in [-0.3, -0.25) is 9.10 Å². The number of carbonyl (C=O) groups excluding carboxylic acids is 1. The first-order valence-electron chi connectivity index (χ1n) is 10.7. The van der Waals surface area contributed by atoms with Crippen LogP contribution in [0.1, 0.15) is 11.1 Å². The number of amides is 1. The highest BCUT2D eigenvalue weighted by Gasteiger charge is 2.31. The molecule has 0 aromatic heterocycles. The van der Waals surface area contributed by atoms with E-state index in [4.69, 9.17) is 21.1 Å². The molecule has 0 unspecified atom stereocenters. The van der Waals surface area contributed by atoms with Crippen LogP contribution in [0.4, 0.5) is 14.5 Å². The fourth-order valence-corrected chi connectivity index (χ4v) is 5.16. The second-order valence-electron chi connectivity index (χ2n) is 7.97. The highest BCUT2D eigenvalue weighted by molar-refractivity contribution is 7.92. The van der Waals surface area contributed by atoms with Gasteiger partial charge in [0.05, 0.1) is 24.8 Å². The first-order valence-corrected chi connectivity index (χ1v) is 12.5. The third kappa shape index (κ3) is 5.71. The van der Waals surface area contributed by atoms with Gasteiger partial charge in [0.25, 0.3) is 10.0 Å². The number of hydrogen-bond donors (Lipinski definition) is 0.